The maximum Gasteiger partial charge on any atom is 0.343 e. The lowest BCUT2D eigenvalue weighted by atomic mass is 9.87. The molecule has 2 fully saturated rings. The molecule has 2 heterocycles. The van der Waals surface area contributed by atoms with Gasteiger partial charge in [0.05, 0.1) is 18.8 Å². The lowest BCUT2D eigenvalue weighted by Crippen LogP contribution is -2.30. The van der Waals surface area contributed by atoms with E-state index in [-0.39, 0.29) is 16.7 Å². The molecule has 3 aromatic rings. The summed E-state index contributed by atoms with van der Waals surface area (Å²) in [5.74, 6) is -5.09. The van der Waals surface area contributed by atoms with Crippen molar-refractivity contribution in [3.8, 4) is 22.3 Å². The molecule has 0 N–H and O–H groups in total. The van der Waals surface area contributed by atoms with Crippen molar-refractivity contribution in [1.29, 1.82) is 0 Å². The number of hydrogen-bond acceptors (Lipinski definition) is 4. The molecule has 3 atom stereocenters. The van der Waals surface area contributed by atoms with Gasteiger partial charge in [0.2, 0.25) is 6.29 Å². The smallest absolute Gasteiger partial charge is 0.343 e. The van der Waals surface area contributed by atoms with Crippen molar-refractivity contribution in [2.75, 3.05) is 13.2 Å². The number of rotatable bonds is 6. The summed E-state index contributed by atoms with van der Waals surface area (Å²) in [6, 6.07) is 11.3. The van der Waals surface area contributed by atoms with Crippen molar-refractivity contribution < 1.29 is 36.6 Å². The highest BCUT2D eigenvalue weighted by Gasteiger charge is 2.30. The fourth-order valence-corrected chi connectivity index (χ4v) is 4.40. The lowest BCUT2D eigenvalue weighted by Gasteiger charge is -2.28. The zero-order chi connectivity index (χ0) is 25.4. The number of halogens is 4. The first-order valence-corrected chi connectivity index (χ1v) is 11.9. The van der Waals surface area contributed by atoms with Crippen LogP contribution in [0.1, 0.15) is 34.9 Å². The Morgan fingerprint density at radius 2 is 1.42 bits per heavy atom. The predicted octanol–water partition coefficient (Wildman–Crippen LogP) is 5.61. The average molecular weight is 498 g/mol. The number of epoxide rings is 1. The van der Waals surface area contributed by atoms with E-state index >= 15 is 0 Å². The van der Waals surface area contributed by atoms with Gasteiger partial charge in [-0.05, 0) is 29.5 Å². The van der Waals surface area contributed by atoms with Gasteiger partial charge < -0.3 is 14.2 Å². The molecule has 0 aliphatic carbocycles. The van der Waals surface area contributed by atoms with Gasteiger partial charge in [-0.15, -0.1) is 0 Å². The van der Waals surface area contributed by atoms with Crippen LogP contribution in [0.5, 0.6) is 0 Å². The van der Waals surface area contributed by atoms with Crippen LogP contribution >= 0.6 is 0 Å². The third kappa shape index (κ3) is 4.77. The summed E-state index contributed by atoms with van der Waals surface area (Å²) in [6.45, 7) is 0.812. The Kier molecular flexibility index (Phi) is 6.86. The molecule has 3 unspecified atom stereocenters. The Morgan fingerprint density at radius 1 is 0.806 bits per heavy atom. The first kappa shape index (κ1) is 24.5. The van der Waals surface area contributed by atoms with Gasteiger partial charge in [0.15, 0.2) is 23.3 Å². The maximum atomic E-state index is 14.9. The first-order valence-electron chi connectivity index (χ1n) is 11.9. The lowest BCUT2D eigenvalue weighted by molar-refractivity contribution is -0.143. The van der Waals surface area contributed by atoms with Crippen molar-refractivity contribution in [2.45, 2.75) is 31.6 Å². The van der Waals surface area contributed by atoms with Gasteiger partial charge >= 0.3 is 5.97 Å². The van der Waals surface area contributed by atoms with E-state index in [1.165, 1.54) is 42.5 Å². The Balaban J connectivity index is 1.33. The van der Waals surface area contributed by atoms with Gasteiger partial charge in [-0.2, -0.15) is 0 Å². The van der Waals surface area contributed by atoms with Gasteiger partial charge in [-0.3, -0.25) is 0 Å². The minimum atomic E-state index is -1.32. The number of carbonyl (C=O) groups excluding carboxylic acids is 1. The third-order valence-electron chi connectivity index (χ3n) is 6.75. The minimum absolute atomic E-state index is 0.0448. The zero-order valence-corrected chi connectivity index (χ0v) is 19.5. The van der Waals surface area contributed by atoms with Gasteiger partial charge in [0.25, 0.3) is 0 Å². The van der Waals surface area contributed by atoms with E-state index in [4.69, 9.17) is 14.2 Å². The third-order valence-corrected chi connectivity index (χ3v) is 6.75. The van der Waals surface area contributed by atoms with E-state index in [1.54, 1.807) is 0 Å². The molecule has 2 aliphatic rings. The summed E-state index contributed by atoms with van der Waals surface area (Å²) in [5.41, 5.74) is 0.291. The molecule has 4 nitrogen and oxygen atoms in total. The van der Waals surface area contributed by atoms with Crippen LogP contribution in [0.15, 0.2) is 48.5 Å². The summed E-state index contributed by atoms with van der Waals surface area (Å²) in [7, 11) is 2.05. The molecule has 3 aromatic carbocycles. The number of esters is 1. The van der Waals surface area contributed by atoms with Crippen molar-refractivity contribution in [3.05, 3.63) is 82.9 Å². The highest BCUT2D eigenvalue weighted by molar-refractivity contribution is 6.08. The van der Waals surface area contributed by atoms with Crippen molar-refractivity contribution >= 4 is 13.8 Å². The molecule has 186 valence electrons. The zero-order valence-electron chi connectivity index (χ0n) is 19.5. The highest BCUT2D eigenvalue weighted by atomic mass is 19.2. The summed E-state index contributed by atoms with van der Waals surface area (Å²) >= 11 is 0. The van der Waals surface area contributed by atoms with E-state index in [9.17, 15) is 22.4 Å². The van der Waals surface area contributed by atoms with E-state index in [0.717, 1.165) is 18.8 Å². The van der Waals surface area contributed by atoms with Crippen molar-refractivity contribution in [1.82, 2.24) is 0 Å². The summed E-state index contributed by atoms with van der Waals surface area (Å²) in [6.07, 6.45) is 1.08. The van der Waals surface area contributed by atoms with Crippen LogP contribution in [0.3, 0.4) is 0 Å². The number of benzene rings is 3. The van der Waals surface area contributed by atoms with Gasteiger partial charge in [0, 0.05) is 23.1 Å². The molecule has 0 amide bonds. The number of hydrogen-bond donors (Lipinski definition) is 0. The second-order valence-corrected chi connectivity index (χ2v) is 9.04. The molecule has 0 radical (unpaired) electrons. The normalized spacial score (nSPS) is 21.3. The standard InChI is InChI=1S/C27H23BF4O4/c28-11-14-1-10-22(35-12-14)36-27(33)20-9-7-18(24(30)26(20)32)16-4-2-15(3-5-16)17-6-8-19(21-13-34-21)25(31)23(17)29/h2-9,14,21-22H,1,10-13,28H2. The Bertz CT molecular complexity index is 1290. The van der Waals surface area contributed by atoms with Crippen LogP contribution < -0.4 is 0 Å². The molecule has 0 spiro atoms. The largest absolute Gasteiger partial charge is 0.432 e. The van der Waals surface area contributed by atoms with Crippen molar-refractivity contribution in [2.24, 2.45) is 5.92 Å². The van der Waals surface area contributed by atoms with Gasteiger partial charge in [-0.1, -0.05) is 48.8 Å². The van der Waals surface area contributed by atoms with Gasteiger partial charge in [-0.25, -0.2) is 22.4 Å². The van der Waals surface area contributed by atoms with E-state index in [0.29, 0.717) is 36.7 Å². The molecule has 2 saturated heterocycles. The monoisotopic (exact) mass is 498 g/mol. The van der Waals surface area contributed by atoms with Crippen LogP contribution in [0.25, 0.3) is 22.3 Å². The molecular formula is C27H23BF4O4. The maximum absolute atomic E-state index is 14.9. The summed E-state index contributed by atoms with van der Waals surface area (Å²) in [4.78, 5) is 12.4. The molecule has 5 rings (SSSR count). The van der Waals surface area contributed by atoms with E-state index in [1.807, 2.05) is 7.85 Å². The summed E-state index contributed by atoms with van der Waals surface area (Å²) in [5, 5.41) is 0. The molecule has 36 heavy (non-hydrogen) atoms. The fraction of sp³-hybridized carbons (Fsp3) is 0.296. The van der Waals surface area contributed by atoms with Crippen molar-refractivity contribution in [3.63, 3.8) is 0 Å². The molecular weight excluding hydrogens is 475 g/mol. The highest BCUT2D eigenvalue weighted by Crippen LogP contribution is 2.36. The second kappa shape index (κ2) is 10.1. The second-order valence-electron chi connectivity index (χ2n) is 9.04. The molecule has 0 bridgehead atoms. The number of carbonyl (C=O) groups is 1. The van der Waals surface area contributed by atoms with Gasteiger partial charge in [0.1, 0.15) is 14.0 Å². The van der Waals surface area contributed by atoms with Crippen LogP contribution in [-0.2, 0) is 14.2 Å². The summed E-state index contributed by atoms with van der Waals surface area (Å²) < 4.78 is 74.4. The quantitative estimate of drug-likeness (QED) is 0.192. The Labute approximate surface area is 206 Å². The van der Waals surface area contributed by atoms with Crippen LogP contribution in [0.4, 0.5) is 17.6 Å². The van der Waals surface area contributed by atoms with Crippen LogP contribution in [0, 0.1) is 29.2 Å². The molecule has 0 saturated carbocycles. The SMILES string of the molecule is BCC1CCC(OC(=O)c2ccc(-c3ccc(-c4ccc(C5CO5)c(F)c4F)cc3)c(F)c2F)OC1. The Morgan fingerprint density at radius 3 is 1.97 bits per heavy atom. The van der Waals surface area contributed by atoms with E-state index in [2.05, 4.69) is 0 Å². The van der Waals surface area contributed by atoms with Crippen LogP contribution in [0.2, 0.25) is 6.32 Å². The average Bonchev–Trinajstić information content (AvgIpc) is 3.73. The minimum Gasteiger partial charge on any atom is -0.432 e. The molecule has 2 aliphatic heterocycles. The Hall–Kier alpha value is -3.17. The number of ether oxygens (including phenoxy) is 3. The molecule has 0 aromatic heterocycles. The molecule has 9 heteroatoms. The fourth-order valence-electron chi connectivity index (χ4n) is 4.40. The predicted molar refractivity (Wildman–Crippen MR) is 127 cm³/mol. The topological polar surface area (TPSA) is 48.1 Å². The van der Waals surface area contributed by atoms with E-state index < -0.39 is 47.2 Å². The van der Waals surface area contributed by atoms with Crippen LogP contribution in [-0.4, -0.2) is 33.3 Å². The first-order chi connectivity index (χ1) is 17.4.